The highest BCUT2D eigenvalue weighted by Gasteiger charge is 2.20. The number of furan rings is 1. The Balaban J connectivity index is 2.16. The molecule has 4 heteroatoms. The predicted octanol–water partition coefficient (Wildman–Crippen LogP) is 1.54. The lowest BCUT2D eigenvalue weighted by Gasteiger charge is -1.97. The lowest BCUT2D eigenvalue weighted by atomic mass is 10.1. The van der Waals surface area contributed by atoms with E-state index in [0.29, 0.717) is 5.88 Å². The van der Waals surface area contributed by atoms with E-state index in [1.807, 2.05) is 0 Å². The minimum atomic E-state index is -0.0221. The number of anilines is 1. The summed E-state index contributed by atoms with van der Waals surface area (Å²) >= 11 is 0. The minimum Gasteiger partial charge on any atom is -0.449 e. The van der Waals surface area contributed by atoms with Gasteiger partial charge in [0.05, 0.1) is 5.71 Å². The Morgan fingerprint density at radius 1 is 1.69 bits per heavy atom. The van der Waals surface area contributed by atoms with Gasteiger partial charge in [-0.3, -0.25) is 0 Å². The van der Waals surface area contributed by atoms with E-state index in [4.69, 9.17) is 15.0 Å². The summed E-state index contributed by atoms with van der Waals surface area (Å²) in [5, 5.41) is 3.90. The van der Waals surface area contributed by atoms with E-state index < -0.39 is 0 Å². The minimum absolute atomic E-state index is 0.0221. The largest absolute Gasteiger partial charge is 0.449 e. The summed E-state index contributed by atoms with van der Waals surface area (Å²) in [4.78, 5) is 5.07. The molecular weight excluding hydrogens is 168 g/mol. The van der Waals surface area contributed by atoms with Crippen LogP contribution in [0.5, 0.6) is 0 Å². The molecule has 0 bridgehead atoms. The average Bonchev–Trinajstić information content (AvgIpc) is 2.71. The van der Waals surface area contributed by atoms with Gasteiger partial charge in [-0.1, -0.05) is 11.7 Å². The molecule has 0 amide bonds. The van der Waals surface area contributed by atoms with Crippen LogP contribution in [0.2, 0.25) is 0 Å². The number of rotatable bonds is 2. The van der Waals surface area contributed by atoms with Gasteiger partial charge in [0.25, 0.3) is 0 Å². The van der Waals surface area contributed by atoms with E-state index in [1.54, 1.807) is 18.4 Å². The van der Waals surface area contributed by atoms with Crippen molar-refractivity contribution in [2.45, 2.75) is 12.5 Å². The average molecular weight is 178 g/mol. The van der Waals surface area contributed by atoms with Gasteiger partial charge in [-0.25, -0.2) is 0 Å². The summed E-state index contributed by atoms with van der Waals surface area (Å²) in [5.74, 6) is 0.389. The highest BCUT2D eigenvalue weighted by atomic mass is 16.6. The molecule has 2 heterocycles. The second-order valence-corrected chi connectivity index (χ2v) is 2.86. The number of nitrogen functional groups attached to an aromatic ring is 1. The molecular formula is C9H10N2O2. The molecule has 0 aromatic carbocycles. The molecule has 0 saturated heterocycles. The van der Waals surface area contributed by atoms with Crippen LogP contribution in [0.4, 0.5) is 5.88 Å². The van der Waals surface area contributed by atoms with Crippen LogP contribution in [0.1, 0.15) is 12.0 Å². The SMILES string of the molecule is C=CC1CC(c2coc(N)c2)=NO1. The maximum atomic E-state index is 5.43. The van der Waals surface area contributed by atoms with Crippen LogP contribution in [0.3, 0.4) is 0 Å². The molecule has 1 aromatic heterocycles. The molecule has 2 rings (SSSR count). The Labute approximate surface area is 75.7 Å². The van der Waals surface area contributed by atoms with Gasteiger partial charge >= 0.3 is 0 Å². The zero-order valence-corrected chi connectivity index (χ0v) is 7.06. The molecule has 1 aromatic rings. The number of oxime groups is 1. The van der Waals surface area contributed by atoms with Gasteiger partial charge in [-0.05, 0) is 6.08 Å². The van der Waals surface area contributed by atoms with E-state index >= 15 is 0 Å². The zero-order valence-electron chi connectivity index (χ0n) is 7.06. The first-order chi connectivity index (χ1) is 6.29. The standard InChI is InChI=1S/C9H10N2O2/c1-2-7-4-8(11-13-7)6-3-9(10)12-5-6/h2-3,5,7H,1,4,10H2. The van der Waals surface area contributed by atoms with Crippen molar-refractivity contribution >= 4 is 11.6 Å². The van der Waals surface area contributed by atoms with Crippen molar-refractivity contribution in [3.05, 3.63) is 30.5 Å². The highest BCUT2D eigenvalue weighted by Crippen LogP contribution is 2.19. The van der Waals surface area contributed by atoms with Crippen LogP contribution in [0, 0.1) is 0 Å². The van der Waals surface area contributed by atoms with Crippen molar-refractivity contribution in [3.63, 3.8) is 0 Å². The molecule has 1 unspecified atom stereocenters. The molecule has 0 saturated carbocycles. The Morgan fingerprint density at radius 2 is 2.54 bits per heavy atom. The second kappa shape index (κ2) is 2.97. The molecule has 1 aliphatic rings. The van der Waals surface area contributed by atoms with Crippen LogP contribution in [-0.2, 0) is 4.84 Å². The molecule has 1 atom stereocenters. The Kier molecular flexibility index (Phi) is 1.81. The quantitative estimate of drug-likeness (QED) is 0.699. The fourth-order valence-electron chi connectivity index (χ4n) is 1.20. The monoisotopic (exact) mass is 178 g/mol. The summed E-state index contributed by atoms with van der Waals surface area (Å²) in [5.41, 5.74) is 7.16. The first-order valence-electron chi connectivity index (χ1n) is 3.99. The van der Waals surface area contributed by atoms with Crippen molar-refractivity contribution in [1.29, 1.82) is 0 Å². The molecule has 0 aliphatic carbocycles. The summed E-state index contributed by atoms with van der Waals surface area (Å²) in [6.07, 6.45) is 4.00. The second-order valence-electron chi connectivity index (χ2n) is 2.86. The lowest BCUT2D eigenvalue weighted by molar-refractivity contribution is 0.120. The Morgan fingerprint density at radius 3 is 3.08 bits per heavy atom. The van der Waals surface area contributed by atoms with Crippen LogP contribution >= 0.6 is 0 Å². The van der Waals surface area contributed by atoms with Crippen molar-refractivity contribution in [2.75, 3.05) is 5.73 Å². The van der Waals surface area contributed by atoms with E-state index in [9.17, 15) is 0 Å². The maximum Gasteiger partial charge on any atom is 0.190 e. The predicted molar refractivity (Wildman–Crippen MR) is 49.3 cm³/mol. The van der Waals surface area contributed by atoms with Gasteiger partial charge in [0.15, 0.2) is 12.0 Å². The summed E-state index contributed by atoms with van der Waals surface area (Å²) in [6, 6.07) is 1.73. The molecule has 68 valence electrons. The number of nitrogens with zero attached hydrogens (tertiary/aromatic N) is 1. The van der Waals surface area contributed by atoms with Crippen molar-refractivity contribution < 1.29 is 9.25 Å². The first kappa shape index (κ1) is 7.91. The molecule has 0 radical (unpaired) electrons. The van der Waals surface area contributed by atoms with Crippen LogP contribution in [-0.4, -0.2) is 11.8 Å². The van der Waals surface area contributed by atoms with E-state index in [-0.39, 0.29) is 6.10 Å². The fraction of sp³-hybridized carbons (Fsp3) is 0.222. The molecule has 0 spiro atoms. The first-order valence-corrected chi connectivity index (χ1v) is 3.99. The Hall–Kier alpha value is -1.71. The number of hydrogen-bond acceptors (Lipinski definition) is 4. The molecule has 2 N–H and O–H groups in total. The maximum absolute atomic E-state index is 5.43. The molecule has 13 heavy (non-hydrogen) atoms. The summed E-state index contributed by atoms with van der Waals surface area (Å²) in [7, 11) is 0. The lowest BCUT2D eigenvalue weighted by Crippen LogP contribution is -2.03. The van der Waals surface area contributed by atoms with Crippen LogP contribution in [0.15, 0.2) is 34.6 Å². The third-order valence-electron chi connectivity index (χ3n) is 1.91. The smallest absolute Gasteiger partial charge is 0.190 e. The number of hydrogen-bond donors (Lipinski definition) is 1. The topological polar surface area (TPSA) is 60.8 Å². The Bertz CT molecular complexity index is 354. The summed E-state index contributed by atoms with van der Waals surface area (Å²) < 4.78 is 4.96. The van der Waals surface area contributed by atoms with Crippen LogP contribution in [0.25, 0.3) is 0 Å². The number of nitrogens with two attached hydrogens (primary N) is 1. The molecule has 4 nitrogen and oxygen atoms in total. The van der Waals surface area contributed by atoms with Crippen molar-refractivity contribution in [2.24, 2.45) is 5.16 Å². The van der Waals surface area contributed by atoms with Gasteiger partial charge in [-0.2, -0.15) is 0 Å². The third kappa shape index (κ3) is 1.42. The fourth-order valence-corrected chi connectivity index (χ4v) is 1.20. The summed E-state index contributed by atoms with van der Waals surface area (Å²) in [6.45, 7) is 3.63. The van der Waals surface area contributed by atoms with Gasteiger partial charge in [-0.15, -0.1) is 0 Å². The van der Waals surface area contributed by atoms with Gasteiger partial charge in [0, 0.05) is 18.1 Å². The highest BCUT2D eigenvalue weighted by molar-refractivity contribution is 6.01. The van der Waals surface area contributed by atoms with Crippen molar-refractivity contribution in [3.8, 4) is 0 Å². The van der Waals surface area contributed by atoms with Gasteiger partial charge in [0.1, 0.15) is 6.26 Å². The molecule has 1 aliphatic heterocycles. The normalized spacial score (nSPS) is 20.9. The van der Waals surface area contributed by atoms with Gasteiger partial charge < -0.3 is 15.0 Å². The van der Waals surface area contributed by atoms with Crippen molar-refractivity contribution in [1.82, 2.24) is 0 Å². The zero-order chi connectivity index (χ0) is 9.26. The third-order valence-corrected chi connectivity index (χ3v) is 1.91. The van der Waals surface area contributed by atoms with E-state index in [0.717, 1.165) is 17.7 Å². The van der Waals surface area contributed by atoms with E-state index in [2.05, 4.69) is 11.7 Å². The van der Waals surface area contributed by atoms with E-state index in [1.165, 1.54) is 0 Å². The van der Waals surface area contributed by atoms with Gasteiger partial charge in [0.2, 0.25) is 0 Å². The van der Waals surface area contributed by atoms with Crippen LogP contribution < -0.4 is 5.73 Å². The molecule has 0 fully saturated rings.